The van der Waals surface area contributed by atoms with Gasteiger partial charge in [-0.25, -0.2) is 0 Å². The first-order valence-corrected chi connectivity index (χ1v) is 8.00. The smallest absolute Gasteiger partial charge is 0.266 e. The third kappa shape index (κ3) is 2.85. The van der Waals surface area contributed by atoms with Crippen molar-refractivity contribution in [2.75, 3.05) is 32.1 Å². The average molecular weight is 305 g/mol. The molecule has 2 aliphatic rings. The SMILES string of the molecule is CN=C1S/C(=C\c2ccc(N3CCCCC3)o2)C(=O)N1C. The van der Waals surface area contributed by atoms with Crippen LogP contribution in [-0.2, 0) is 4.79 Å². The number of anilines is 1. The van der Waals surface area contributed by atoms with Crippen molar-refractivity contribution in [3.05, 3.63) is 22.8 Å². The summed E-state index contributed by atoms with van der Waals surface area (Å²) in [5.41, 5.74) is 0. The van der Waals surface area contributed by atoms with Gasteiger partial charge in [-0.15, -0.1) is 0 Å². The molecule has 2 aliphatic heterocycles. The second kappa shape index (κ2) is 5.97. The highest BCUT2D eigenvalue weighted by Gasteiger charge is 2.30. The van der Waals surface area contributed by atoms with Crippen molar-refractivity contribution < 1.29 is 9.21 Å². The second-order valence-electron chi connectivity index (χ2n) is 5.20. The van der Waals surface area contributed by atoms with Gasteiger partial charge in [-0.05, 0) is 37.1 Å². The fourth-order valence-electron chi connectivity index (χ4n) is 2.58. The number of carbonyl (C=O) groups excluding carboxylic acids is 1. The Hall–Kier alpha value is -1.69. The van der Waals surface area contributed by atoms with Crippen molar-refractivity contribution in [1.29, 1.82) is 0 Å². The monoisotopic (exact) mass is 305 g/mol. The van der Waals surface area contributed by atoms with Crippen LogP contribution < -0.4 is 4.90 Å². The fraction of sp³-hybridized carbons (Fsp3) is 0.467. The molecule has 0 unspecified atom stereocenters. The van der Waals surface area contributed by atoms with Crippen molar-refractivity contribution in [1.82, 2.24) is 4.90 Å². The largest absolute Gasteiger partial charge is 0.441 e. The molecule has 0 bridgehead atoms. The van der Waals surface area contributed by atoms with Gasteiger partial charge >= 0.3 is 0 Å². The normalized spacial score (nSPS) is 23.6. The predicted molar refractivity (Wildman–Crippen MR) is 86.5 cm³/mol. The van der Waals surface area contributed by atoms with E-state index >= 15 is 0 Å². The van der Waals surface area contributed by atoms with Gasteiger partial charge < -0.3 is 9.32 Å². The number of carbonyl (C=O) groups is 1. The number of nitrogens with zero attached hydrogens (tertiary/aromatic N) is 3. The van der Waals surface area contributed by atoms with E-state index in [1.54, 1.807) is 25.1 Å². The van der Waals surface area contributed by atoms with Gasteiger partial charge in [0, 0.05) is 39.3 Å². The zero-order valence-electron chi connectivity index (χ0n) is 12.3. The molecule has 2 fully saturated rings. The van der Waals surface area contributed by atoms with Crippen LogP contribution in [0.15, 0.2) is 26.4 Å². The lowest BCUT2D eigenvalue weighted by atomic mass is 10.1. The van der Waals surface area contributed by atoms with E-state index in [0.29, 0.717) is 10.1 Å². The minimum Gasteiger partial charge on any atom is -0.441 e. The number of thioether (sulfide) groups is 1. The van der Waals surface area contributed by atoms with Crippen molar-refractivity contribution in [3.63, 3.8) is 0 Å². The molecule has 0 radical (unpaired) electrons. The average Bonchev–Trinajstić information content (AvgIpc) is 3.09. The van der Waals surface area contributed by atoms with E-state index in [4.69, 9.17) is 4.42 Å². The molecule has 1 aromatic rings. The topological polar surface area (TPSA) is 49.1 Å². The van der Waals surface area contributed by atoms with Crippen molar-refractivity contribution in [3.8, 4) is 0 Å². The maximum atomic E-state index is 12.1. The van der Waals surface area contributed by atoms with E-state index in [0.717, 1.165) is 24.7 Å². The Bertz CT molecular complexity index is 600. The fourth-order valence-corrected chi connectivity index (χ4v) is 3.49. The quantitative estimate of drug-likeness (QED) is 0.788. The highest BCUT2D eigenvalue weighted by molar-refractivity contribution is 8.18. The number of furan rings is 1. The Morgan fingerprint density at radius 3 is 2.71 bits per heavy atom. The molecule has 5 nitrogen and oxygen atoms in total. The third-order valence-electron chi connectivity index (χ3n) is 3.75. The number of rotatable bonds is 2. The van der Waals surface area contributed by atoms with Gasteiger partial charge in [0.15, 0.2) is 11.1 Å². The maximum absolute atomic E-state index is 12.1. The number of likely N-dealkylation sites (N-methyl/N-ethyl adjacent to an activating group) is 1. The van der Waals surface area contributed by atoms with Crippen molar-refractivity contribution in [2.24, 2.45) is 4.99 Å². The van der Waals surface area contributed by atoms with E-state index in [2.05, 4.69) is 9.89 Å². The summed E-state index contributed by atoms with van der Waals surface area (Å²) in [4.78, 5) is 20.7. The van der Waals surface area contributed by atoms with Gasteiger partial charge in [0.2, 0.25) is 0 Å². The molecule has 0 saturated carbocycles. The summed E-state index contributed by atoms with van der Waals surface area (Å²) in [6.45, 7) is 2.10. The number of hydrogen-bond donors (Lipinski definition) is 0. The summed E-state index contributed by atoms with van der Waals surface area (Å²) in [5, 5.41) is 0.717. The van der Waals surface area contributed by atoms with Crippen LogP contribution in [0.3, 0.4) is 0 Å². The van der Waals surface area contributed by atoms with Crippen LogP contribution in [0.4, 0.5) is 5.88 Å². The molecule has 112 valence electrons. The molecule has 0 spiro atoms. The summed E-state index contributed by atoms with van der Waals surface area (Å²) in [6.07, 6.45) is 5.53. The van der Waals surface area contributed by atoms with Gasteiger partial charge in [-0.3, -0.25) is 14.7 Å². The summed E-state index contributed by atoms with van der Waals surface area (Å²) < 4.78 is 5.86. The van der Waals surface area contributed by atoms with Crippen LogP contribution in [0.5, 0.6) is 0 Å². The Morgan fingerprint density at radius 1 is 1.29 bits per heavy atom. The zero-order chi connectivity index (χ0) is 14.8. The van der Waals surface area contributed by atoms with Crippen LogP contribution in [0.1, 0.15) is 25.0 Å². The molecule has 1 amide bonds. The number of amidine groups is 1. The van der Waals surface area contributed by atoms with Crippen LogP contribution in [0.2, 0.25) is 0 Å². The minimum absolute atomic E-state index is 0.0310. The first-order valence-electron chi connectivity index (χ1n) is 7.18. The van der Waals surface area contributed by atoms with Crippen molar-refractivity contribution >= 4 is 34.8 Å². The Labute approximate surface area is 128 Å². The summed E-state index contributed by atoms with van der Waals surface area (Å²) >= 11 is 1.38. The standard InChI is InChI=1S/C15H19N3O2S/c1-16-15-17(2)14(19)12(21-15)10-11-6-7-13(20-11)18-8-4-3-5-9-18/h6-7,10H,3-5,8-9H2,1-2H3/b12-10-,16-15?. The highest BCUT2D eigenvalue weighted by Crippen LogP contribution is 2.32. The van der Waals surface area contributed by atoms with Crippen molar-refractivity contribution in [2.45, 2.75) is 19.3 Å². The van der Waals surface area contributed by atoms with E-state index in [9.17, 15) is 4.79 Å². The summed E-state index contributed by atoms with van der Waals surface area (Å²) in [6, 6.07) is 3.91. The van der Waals surface area contributed by atoms with Gasteiger partial charge in [0.25, 0.3) is 5.91 Å². The molecule has 2 saturated heterocycles. The molecule has 0 atom stereocenters. The van der Waals surface area contributed by atoms with Gasteiger partial charge in [-0.2, -0.15) is 0 Å². The van der Waals surface area contributed by atoms with E-state index in [-0.39, 0.29) is 5.91 Å². The molecule has 1 aromatic heterocycles. The van der Waals surface area contributed by atoms with Gasteiger partial charge in [0.1, 0.15) is 5.76 Å². The Morgan fingerprint density at radius 2 is 2.05 bits per heavy atom. The van der Waals surface area contributed by atoms with Crippen LogP contribution in [0, 0.1) is 0 Å². The second-order valence-corrected chi connectivity index (χ2v) is 6.21. The highest BCUT2D eigenvalue weighted by atomic mass is 32.2. The lowest BCUT2D eigenvalue weighted by Crippen LogP contribution is -2.28. The molecule has 0 aliphatic carbocycles. The molecule has 21 heavy (non-hydrogen) atoms. The molecule has 3 heterocycles. The summed E-state index contributed by atoms with van der Waals surface area (Å²) in [7, 11) is 3.43. The van der Waals surface area contributed by atoms with E-state index < -0.39 is 0 Å². The summed E-state index contributed by atoms with van der Waals surface area (Å²) in [5.74, 6) is 1.59. The van der Waals surface area contributed by atoms with Gasteiger partial charge in [-0.1, -0.05) is 0 Å². The maximum Gasteiger partial charge on any atom is 0.266 e. The van der Waals surface area contributed by atoms with Gasteiger partial charge in [0.05, 0.1) is 4.91 Å². The number of aliphatic imine (C=N–C) groups is 1. The minimum atomic E-state index is -0.0310. The Balaban J connectivity index is 1.78. The number of amides is 1. The molecule has 0 aromatic carbocycles. The third-order valence-corrected chi connectivity index (χ3v) is 4.90. The molecular formula is C15H19N3O2S. The molecular weight excluding hydrogens is 286 g/mol. The first-order chi connectivity index (χ1) is 10.2. The lowest BCUT2D eigenvalue weighted by molar-refractivity contribution is -0.121. The molecule has 6 heteroatoms. The number of piperidine rings is 1. The first kappa shape index (κ1) is 14.3. The van der Waals surface area contributed by atoms with Crippen LogP contribution in [0.25, 0.3) is 6.08 Å². The van der Waals surface area contributed by atoms with E-state index in [1.165, 1.54) is 31.0 Å². The molecule has 3 rings (SSSR count). The number of hydrogen-bond acceptors (Lipinski definition) is 5. The predicted octanol–water partition coefficient (Wildman–Crippen LogP) is 2.80. The van der Waals surface area contributed by atoms with Crippen LogP contribution in [-0.4, -0.2) is 43.2 Å². The Kier molecular flexibility index (Phi) is 4.05. The van der Waals surface area contributed by atoms with E-state index in [1.807, 2.05) is 12.1 Å². The van der Waals surface area contributed by atoms with Crippen LogP contribution >= 0.6 is 11.8 Å². The zero-order valence-corrected chi connectivity index (χ0v) is 13.2. The lowest BCUT2D eigenvalue weighted by Gasteiger charge is -2.25. The molecule has 0 N–H and O–H groups in total.